The molecule has 4 aliphatic carbocycles. The molecule has 4 fully saturated rings. The minimum absolute atomic E-state index is 0.198. The molecular weight excluding hydrogens is 406 g/mol. The second-order valence-electron chi connectivity index (χ2n) is 12.5. The number of fused-ring (bicyclic) bond motifs is 5. The molecule has 0 aromatic rings. The number of rotatable bonds is 5. The van der Waals surface area contributed by atoms with Crippen molar-refractivity contribution in [1.82, 2.24) is 0 Å². The monoisotopic (exact) mass is 451 g/mol. The van der Waals surface area contributed by atoms with Crippen LogP contribution in [0, 0.1) is 35.5 Å². The lowest BCUT2D eigenvalue weighted by Gasteiger charge is -2.52. The highest BCUT2D eigenvalue weighted by molar-refractivity contribution is 6.70. The van der Waals surface area contributed by atoms with Crippen molar-refractivity contribution in [3.05, 3.63) is 0 Å². The first-order valence-corrected chi connectivity index (χ1v) is 19.3. The van der Waals surface area contributed by atoms with Crippen molar-refractivity contribution in [2.45, 2.75) is 103 Å². The first kappa shape index (κ1) is 23.0. The molecule has 0 radical (unpaired) electrons. The maximum absolute atomic E-state index is 6.62. The number of nitrogens with zero attached hydrogens (tertiary/aromatic N) is 1. The smallest absolute Gasteiger partial charge is 0.184 e. The van der Waals surface area contributed by atoms with Gasteiger partial charge in [-0.25, -0.2) is 0 Å². The van der Waals surface area contributed by atoms with Gasteiger partial charge in [0, 0.05) is 12.0 Å². The van der Waals surface area contributed by atoms with E-state index in [-0.39, 0.29) is 6.10 Å². The normalized spacial score (nSPS) is 43.1. The maximum atomic E-state index is 6.62. The van der Waals surface area contributed by atoms with Gasteiger partial charge < -0.3 is 13.7 Å². The molecule has 0 saturated heterocycles. The zero-order chi connectivity index (χ0) is 21.7. The summed E-state index contributed by atoms with van der Waals surface area (Å²) in [6.07, 6.45) is 11.4. The summed E-state index contributed by atoms with van der Waals surface area (Å²) < 4.78 is 13.1. The van der Waals surface area contributed by atoms with E-state index in [4.69, 9.17) is 13.7 Å². The molecule has 0 aliphatic heterocycles. The largest absolute Gasteiger partial charge is 0.415 e. The van der Waals surface area contributed by atoms with Crippen LogP contribution < -0.4 is 0 Å². The van der Waals surface area contributed by atoms with Gasteiger partial charge in [-0.05, 0) is 120 Å². The summed E-state index contributed by atoms with van der Waals surface area (Å²) in [5.74, 6) is 4.99. The van der Waals surface area contributed by atoms with Crippen LogP contribution in [-0.2, 0) is 13.7 Å². The van der Waals surface area contributed by atoms with Crippen molar-refractivity contribution in [3.8, 4) is 0 Å². The minimum atomic E-state index is -1.60. The molecule has 4 aliphatic rings. The molecule has 8 atom stereocenters. The highest BCUT2D eigenvalue weighted by atomic mass is 28.4. The van der Waals surface area contributed by atoms with E-state index in [9.17, 15) is 0 Å². The van der Waals surface area contributed by atoms with Crippen LogP contribution in [0.5, 0.6) is 0 Å². The molecular formula is C24H45NO3Si2. The van der Waals surface area contributed by atoms with E-state index in [2.05, 4.69) is 44.4 Å². The zero-order valence-electron chi connectivity index (χ0n) is 20.4. The Morgan fingerprint density at radius 3 is 2.00 bits per heavy atom. The maximum Gasteiger partial charge on any atom is 0.184 e. The fourth-order valence-corrected chi connectivity index (χ4v) is 9.89. The first-order valence-electron chi connectivity index (χ1n) is 12.5. The fraction of sp³-hybridized carbons (Fsp3) is 0.958. The van der Waals surface area contributed by atoms with Crippen LogP contribution >= 0.6 is 0 Å². The third kappa shape index (κ3) is 4.91. The second kappa shape index (κ2) is 8.64. The molecule has 0 amide bonds. The Morgan fingerprint density at radius 2 is 1.33 bits per heavy atom. The van der Waals surface area contributed by atoms with Gasteiger partial charge in [-0.1, -0.05) is 5.16 Å². The van der Waals surface area contributed by atoms with Gasteiger partial charge >= 0.3 is 0 Å². The highest BCUT2D eigenvalue weighted by Crippen LogP contribution is 2.58. The molecule has 172 valence electrons. The molecule has 0 heterocycles. The molecule has 4 nitrogen and oxygen atoms in total. The molecule has 4 saturated carbocycles. The SMILES string of the molecule is CO/N=C1\C2CCC3C(CC[C@@H]4C[C@H](O[Si](C)(C)C)CCC34)C2C[C@H]1O[Si](C)(C)C. The van der Waals surface area contributed by atoms with Crippen LogP contribution in [0.2, 0.25) is 39.3 Å². The number of oxime groups is 1. The Labute approximate surface area is 186 Å². The van der Waals surface area contributed by atoms with Gasteiger partial charge in [0.15, 0.2) is 16.6 Å². The van der Waals surface area contributed by atoms with Gasteiger partial charge in [0.05, 0.1) is 11.8 Å². The standard InChI is InChI=1S/C24H45NO3Si2/c1-26-25-24-21-13-12-19-18-11-9-17(27-29(2,3)4)14-16(18)8-10-20(19)22(21)15-23(24)28-30(5,6)7/h16-23H,8-15H2,1-7H3/b25-24+/t16-,17-,18?,19?,20?,21?,22?,23-/m1/s1. The molecule has 4 rings (SSSR count). The molecule has 5 unspecified atom stereocenters. The lowest BCUT2D eigenvalue weighted by atomic mass is 9.53. The predicted molar refractivity (Wildman–Crippen MR) is 129 cm³/mol. The molecule has 0 spiro atoms. The van der Waals surface area contributed by atoms with E-state index in [1.165, 1.54) is 57.1 Å². The fourth-order valence-electron chi connectivity index (χ4n) is 7.61. The predicted octanol–water partition coefficient (Wildman–Crippen LogP) is 6.30. The van der Waals surface area contributed by atoms with Crippen LogP contribution in [-0.4, -0.2) is 41.7 Å². The molecule has 0 aromatic heterocycles. The van der Waals surface area contributed by atoms with Crippen molar-refractivity contribution >= 4 is 22.3 Å². The van der Waals surface area contributed by atoms with Gasteiger partial charge in [0.2, 0.25) is 0 Å². The summed E-state index contributed by atoms with van der Waals surface area (Å²) in [5, 5.41) is 4.54. The Morgan fingerprint density at radius 1 is 0.700 bits per heavy atom. The van der Waals surface area contributed by atoms with Gasteiger partial charge in [0.1, 0.15) is 7.11 Å². The Hall–Kier alpha value is -0.176. The number of hydrogen-bond donors (Lipinski definition) is 0. The van der Waals surface area contributed by atoms with Gasteiger partial charge in [-0.3, -0.25) is 0 Å². The summed E-state index contributed by atoms with van der Waals surface area (Å²) in [6.45, 7) is 13.9. The van der Waals surface area contributed by atoms with Crippen LogP contribution in [0.1, 0.15) is 51.4 Å². The van der Waals surface area contributed by atoms with E-state index >= 15 is 0 Å². The third-order valence-electron chi connectivity index (χ3n) is 8.25. The Bertz CT molecular complexity index is 641. The van der Waals surface area contributed by atoms with Gasteiger partial charge in [0.25, 0.3) is 0 Å². The van der Waals surface area contributed by atoms with Crippen molar-refractivity contribution in [2.75, 3.05) is 7.11 Å². The Balaban J connectivity index is 1.46. The Kier molecular flexibility index (Phi) is 6.62. The summed E-state index contributed by atoms with van der Waals surface area (Å²) >= 11 is 0. The quantitative estimate of drug-likeness (QED) is 0.364. The first-order chi connectivity index (χ1) is 14.1. The van der Waals surface area contributed by atoms with Crippen LogP contribution in [0.3, 0.4) is 0 Å². The van der Waals surface area contributed by atoms with E-state index in [1.807, 2.05) is 0 Å². The molecule has 0 bridgehead atoms. The minimum Gasteiger partial charge on any atom is -0.415 e. The van der Waals surface area contributed by atoms with Crippen molar-refractivity contribution in [3.63, 3.8) is 0 Å². The summed E-state index contributed by atoms with van der Waals surface area (Å²) in [6, 6.07) is 0. The van der Waals surface area contributed by atoms with Crippen molar-refractivity contribution in [1.29, 1.82) is 0 Å². The van der Waals surface area contributed by atoms with Crippen molar-refractivity contribution in [2.24, 2.45) is 40.7 Å². The molecule has 30 heavy (non-hydrogen) atoms. The van der Waals surface area contributed by atoms with Crippen LogP contribution in [0.4, 0.5) is 0 Å². The van der Waals surface area contributed by atoms with E-state index in [1.54, 1.807) is 7.11 Å². The average molecular weight is 452 g/mol. The van der Waals surface area contributed by atoms with E-state index in [0.29, 0.717) is 12.0 Å². The van der Waals surface area contributed by atoms with E-state index in [0.717, 1.165) is 29.6 Å². The highest BCUT2D eigenvalue weighted by Gasteiger charge is 2.54. The summed E-state index contributed by atoms with van der Waals surface area (Å²) in [5.41, 5.74) is 1.23. The third-order valence-corrected chi connectivity index (χ3v) is 10.3. The second-order valence-corrected chi connectivity index (χ2v) is 21.4. The van der Waals surface area contributed by atoms with Crippen molar-refractivity contribution < 1.29 is 13.7 Å². The topological polar surface area (TPSA) is 40.0 Å². The summed E-state index contributed by atoms with van der Waals surface area (Å²) in [7, 11) is -1.34. The number of hydrogen-bond acceptors (Lipinski definition) is 4. The average Bonchev–Trinajstić information content (AvgIpc) is 2.96. The molecule has 0 N–H and O–H groups in total. The van der Waals surface area contributed by atoms with Crippen LogP contribution in [0.25, 0.3) is 0 Å². The molecule has 0 aromatic carbocycles. The van der Waals surface area contributed by atoms with Gasteiger partial charge in [-0.2, -0.15) is 0 Å². The summed E-state index contributed by atoms with van der Waals surface area (Å²) in [4.78, 5) is 5.31. The van der Waals surface area contributed by atoms with E-state index < -0.39 is 16.6 Å². The molecule has 6 heteroatoms. The van der Waals surface area contributed by atoms with Gasteiger partial charge in [-0.15, -0.1) is 0 Å². The van der Waals surface area contributed by atoms with Crippen LogP contribution in [0.15, 0.2) is 5.16 Å². The zero-order valence-corrected chi connectivity index (χ0v) is 22.4. The lowest BCUT2D eigenvalue weighted by molar-refractivity contribution is -0.0392. The lowest BCUT2D eigenvalue weighted by Crippen LogP contribution is -2.47.